The molecule has 3 heterocycles. The molecule has 0 radical (unpaired) electrons. The number of benzene rings is 7. The molecule has 52 heavy (non-hydrogen) atoms. The zero-order valence-electron chi connectivity index (χ0n) is 28.2. The molecule has 1 unspecified atom stereocenters. The van der Waals surface area contributed by atoms with E-state index in [4.69, 9.17) is 9.97 Å². The van der Waals surface area contributed by atoms with Gasteiger partial charge < -0.3 is 4.57 Å². The molecule has 0 N–H and O–H groups in total. The first-order valence-electron chi connectivity index (χ1n) is 17.8. The van der Waals surface area contributed by atoms with E-state index in [9.17, 15) is 0 Å². The summed E-state index contributed by atoms with van der Waals surface area (Å²) in [6, 6.07) is 60.6. The smallest absolute Gasteiger partial charge is 0.212 e. The Bertz CT molecular complexity index is 3000. The monoisotopic (exact) mass is 663 g/mol. The number of pyridine rings is 1. The first-order valence-corrected chi connectivity index (χ1v) is 17.8. The lowest BCUT2D eigenvalue weighted by molar-refractivity contribution is -0.704. The zero-order chi connectivity index (χ0) is 34.2. The number of fused-ring (bicyclic) bond motifs is 11. The van der Waals surface area contributed by atoms with Gasteiger partial charge in [0.1, 0.15) is 0 Å². The summed E-state index contributed by atoms with van der Waals surface area (Å²) in [7, 11) is 0. The highest BCUT2D eigenvalue weighted by molar-refractivity contribution is 6.26. The van der Waals surface area contributed by atoms with Gasteiger partial charge in [-0.3, -0.25) is 0 Å². The summed E-state index contributed by atoms with van der Waals surface area (Å²) in [6.07, 6.45) is 4.41. The number of aromatic nitrogens is 4. The Morgan fingerprint density at radius 1 is 0.481 bits per heavy atom. The molecule has 1 aliphatic carbocycles. The molecule has 3 aromatic heterocycles. The van der Waals surface area contributed by atoms with Crippen LogP contribution < -0.4 is 4.57 Å². The van der Waals surface area contributed by atoms with E-state index in [2.05, 4.69) is 161 Å². The molecule has 0 spiro atoms. The average Bonchev–Trinajstić information content (AvgIpc) is 3.75. The number of para-hydroxylation sites is 3. The van der Waals surface area contributed by atoms with Gasteiger partial charge in [-0.2, -0.15) is 4.57 Å². The number of hydrogen-bond acceptors (Lipinski definition) is 2. The van der Waals surface area contributed by atoms with Crippen LogP contribution in [0.25, 0.3) is 82.9 Å². The molecular formula is C48H31N4+. The van der Waals surface area contributed by atoms with Crippen LogP contribution in [0.4, 0.5) is 0 Å². The van der Waals surface area contributed by atoms with Crippen LogP contribution >= 0.6 is 0 Å². The quantitative estimate of drug-likeness (QED) is 0.176. The summed E-state index contributed by atoms with van der Waals surface area (Å²) >= 11 is 0. The van der Waals surface area contributed by atoms with Crippen LogP contribution in [0.2, 0.25) is 0 Å². The van der Waals surface area contributed by atoms with Crippen molar-refractivity contribution in [1.82, 2.24) is 14.5 Å². The van der Waals surface area contributed by atoms with E-state index in [-0.39, 0.29) is 6.04 Å². The van der Waals surface area contributed by atoms with E-state index in [0.717, 1.165) is 39.2 Å². The maximum Gasteiger partial charge on any atom is 0.212 e. The Kier molecular flexibility index (Phi) is 6.28. The first-order chi connectivity index (χ1) is 25.8. The molecular weight excluding hydrogens is 633 g/mol. The van der Waals surface area contributed by atoms with Gasteiger partial charge in [-0.25, -0.2) is 9.97 Å². The van der Waals surface area contributed by atoms with Gasteiger partial charge in [-0.1, -0.05) is 127 Å². The van der Waals surface area contributed by atoms with Gasteiger partial charge >= 0.3 is 0 Å². The summed E-state index contributed by atoms with van der Waals surface area (Å²) in [5, 5.41) is 5.10. The van der Waals surface area contributed by atoms with E-state index in [1.807, 2.05) is 30.3 Å². The van der Waals surface area contributed by atoms with Crippen molar-refractivity contribution in [2.24, 2.45) is 0 Å². The normalized spacial score (nSPS) is 13.6. The average molecular weight is 664 g/mol. The Morgan fingerprint density at radius 3 is 1.81 bits per heavy atom. The lowest BCUT2D eigenvalue weighted by Crippen LogP contribution is -2.39. The fourth-order valence-electron chi connectivity index (χ4n) is 8.55. The molecule has 0 amide bonds. The van der Waals surface area contributed by atoms with Gasteiger partial charge in [0.15, 0.2) is 12.4 Å². The minimum absolute atomic E-state index is 0.0168. The van der Waals surface area contributed by atoms with Crippen molar-refractivity contribution >= 4 is 43.6 Å². The van der Waals surface area contributed by atoms with Crippen molar-refractivity contribution in [2.45, 2.75) is 6.04 Å². The van der Waals surface area contributed by atoms with Crippen molar-refractivity contribution in [2.75, 3.05) is 0 Å². The van der Waals surface area contributed by atoms with Crippen LogP contribution in [0.3, 0.4) is 0 Å². The summed E-state index contributed by atoms with van der Waals surface area (Å²) in [5.41, 5.74) is 14.4. The molecule has 0 saturated heterocycles. The van der Waals surface area contributed by atoms with Crippen LogP contribution in [0, 0.1) is 0 Å². The molecule has 4 heteroatoms. The van der Waals surface area contributed by atoms with Crippen LogP contribution in [0.1, 0.15) is 17.2 Å². The SMILES string of the molecule is c1ccc(-c2nc3ccccc3nc2-c2ccc(-n3c4ccccc4c4c5ccccc5c5c(c43)C([n+]3ccccc3)c3ccccc3-5)cc2)cc1. The Balaban J connectivity index is 1.21. The maximum atomic E-state index is 5.19. The molecule has 242 valence electrons. The number of hydrogen-bond donors (Lipinski definition) is 0. The van der Waals surface area contributed by atoms with Crippen LogP contribution in [-0.2, 0) is 0 Å². The molecule has 0 bridgehead atoms. The Hall–Kier alpha value is -6.91. The van der Waals surface area contributed by atoms with Crippen molar-refractivity contribution in [3.05, 3.63) is 193 Å². The standard InChI is InChI=1S/C48H31N4/c1-3-15-31(16-4-1)45-46(50-40-23-11-10-22-39(40)49-45)32-25-27-33(28-26-32)52-41-24-12-9-21-38(41)43-35-18-6-5-17-34(35)42-36-19-7-8-20-37(36)47(44(42)48(43)52)51-29-13-2-14-30-51/h1-30,47H/q+1. The maximum absolute atomic E-state index is 5.19. The molecule has 0 fully saturated rings. The molecule has 10 aromatic rings. The fourth-order valence-corrected chi connectivity index (χ4v) is 8.55. The van der Waals surface area contributed by atoms with E-state index in [1.165, 1.54) is 54.8 Å². The third-order valence-corrected chi connectivity index (χ3v) is 10.7. The van der Waals surface area contributed by atoms with Gasteiger partial charge in [0.05, 0.1) is 39.0 Å². The Morgan fingerprint density at radius 2 is 1.06 bits per heavy atom. The Labute approximate surface area is 300 Å². The number of nitrogens with zero attached hydrogens (tertiary/aromatic N) is 4. The van der Waals surface area contributed by atoms with Crippen molar-refractivity contribution in [3.8, 4) is 39.3 Å². The first kappa shape index (κ1) is 28.9. The van der Waals surface area contributed by atoms with E-state index in [0.29, 0.717) is 0 Å². The van der Waals surface area contributed by atoms with E-state index < -0.39 is 0 Å². The fraction of sp³-hybridized carbons (Fsp3) is 0.0208. The molecule has 0 saturated carbocycles. The highest BCUT2D eigenvalue weighted by Gasteiger charge is 2.40. The topological polar surface area (TPSA) is 34.6 Å². The minimum atomic E-state index is 0.0168. The highest BCUT2D eigenvalue weighted by atomic mass is 15.0. The second kappa shape index (κ2) is 11.3. The van der Waals surface area contributed by atoms with Gasteiger partial charge in [0.25, 0.3) is 0 Å². The predicted molar refractivity (Wildman–Crippen MR) is 212 cm³/mol. The van der Waals surface area contributed by atoms with Crippen molar-refractivity contribution < 1.29 is 4.57 Å². The molecule has 0 aliphatic heterocycles. The van der Waals surface area contributed by atoms with Crippen molar-refractivity contribution in [3.63, 3.8) is 0 Å². The summed E-state index contributed by atoms with van der Waals surface area (Å²) in [4.78, 5) is 10.3. The lowest BCUT2D eigenvalue weighted by Gasteiger charge is -2.16. The molecule has 7 aromatic carbocycles. The third kappa shape index (κ3) is 4.18. The molecule has 1 atom stereocenters. The van der Waals surface area contributed by atoms with Gasteiger partial charge in [0.2, 0.25) is 6.04 Å². The van der Waals surface area contributed by atoms with Gasteiger partial charge in [0, 0.05) is 50.8 Å². The summed E-state index contributed by atoms with van der Waals surface area (Å²) < 4.78 is 4.86. The zero-order valence-corrected chi connectivity index (χ0v) is 28.2. The summed E-state index contributed by atoms with van der Waals surface area (Å²) in [5.74, 6) is 0. The second-order valence-corrected chi connectivity index (χ2v) is 13.5. The number of rotatable bonds is 4. The van der Waals surface area contributed by atoms with Gasteiger partial charge in [-0.05, 0) is 46.7 Å². The third-order valence-electron chi connectivity index (χ3n) is 10.7. The molecule has 1 aliphatic rings. The molecule has 4 nitrogen and oxygen atoms in total. The lowest BCUT2D eigenvalue weighted by atomic mass is 9.93. The predicted octanol–water partition coefficient (Wildman–Crippen LogP) is 11.1. The molecule has 11 rings (SSSR count). The summed E-state index contributed by atoms with van der Waals surface area (Å²) in [6.45, 7) is 0. The minimum Gasteiger partial charge on any atom is -0.309 e. The highest BCUT2D eigenvalue weighted by Crippen LogP contribution is 2.53. The van der Waals surface area contributed by atoms with E-state index >= 15 is 0 Å². The van der Waals surface area contributed by atoms with E-state index in [1.54, 1.807) is 0 Å². The second-order valence-electron chi connectivity index (χ2n) is 13.5. The van der Waals surface area contributed by atoms with Gasteiger partial charge in [-0.15, -0.1) is 0 Å². The van der Waals surface area contributed by atoms with Crippen LogP contribution in [0.15, 0.2) is 182 Å². The van der Waals surface area contributed by atoms with Crippen LogP contribution in [0.5, 0.6) is 0 Å². The van der Waals surface area contributed by atoms with Crippen molar-refractivity contribution in [1.29, 1.82) is 0 Å². The van der Waals surface area contributed by atoms with Crippen LogP contribution in [-0.4, -0.2) is 14.5 Å². The largest absolute Gasteiger partial charge is 0.309 e.